The van der Waals surface area contributed by atoms with Crippen LogP contribution in [0, 0.1) is 0 Å². The summed E-state index contributed by atoms with van der Waals surface area (Å²) in [5, 5.41) is 17.8. The fraction of sp³-hybridized carbons (Fsp3) is 0.556. The van der Waals surface area contributed by atoms with Gasteiger partial charge in [-0.15, -0.1) is 0 Å². The van der Waals surface area contributed by atoms with Crippen molar-refractivity contribution in [2.75, 3.05) is 29.0 Å². The number of carbonyl (C=O) groups excluding carboxylic acids is 1. The second-order valence-electron chi connectivity index (χ2n) is 10.8. The number of fused-ring (bicyclic) bond motifs is 1. The molecule has 3 heterocycles. The lowest BCUT2D eigenvalue weighted by molar-refractivity contribution is 0.0636. The van der Waals surface area contributed by atoms with E-state index in [0.717, 1.165) is 49.1 Å². The molecule has 10 nitrogen and oxygen atoms in total. The Morgan fingerprint density at radius 2 is 1.95 bits per heavy atom. The van der Waals surface area contributed by atoms with Crippen molar-refractivity contribution in [2.45, 2.75) is 84.9 Å². The number of aryl methyl sites for hydroxylation is 1. The minimum atomic E-state index is -0.561. The van der Waals surface area contributed by atoms with Crippen LogP contribution in [0.15, 0.2) is 24.4 Å². The van der Waals surface area contributed by atoms with Crippen LogP contribution in [-0.2, 0) is 17.7 Å². The summed E-state index contributed by atoms with van der Waals surface area (Å²) >= 11 is 0. The maximum Gasteiger partial charge on any atom is 0.412 e. The van der Waals surface area contributed by atoms with Gasteiger partial charge < -0.3 is 20.7 Å². The Morgan fingerprint density at radius 1 is 1.19 bits per heavy atom. The van der Waals surface area contributed by atoms with Crippen LogP contribution in [0.25, 0.3) is 5.65 Å². The summed E-state index contributed by atoms with van der Waals surface area (Å²) in [5.74, 6) is 1.52. The fourth-order valence-corrected chi connectivity index (χ4v) is 4.44. The van der Waals surface area contributed by atoms with Crippen LogP contribution in [-0.4, -0.2) is 50.4 Å². The lowest BCUT2D eigenvalue weighted by atomic mass is 10.0. The third kappa shape index (κ3) is 6.88. The van der Waals surface area contributed by atoms with Crippen molar-refractivity contribution >= 4 is 29.3 Å². The smallest absolute Gasteiger partial charge is 0.412 e. The molecule has 1 fully saturated rings. The number of ether oxygens (including phenoxy) is 1. The molecule has 37 heavy (non-hydrogen) atoms. The molecule has 4 N–H and O–H groups in total. The summed E-state index contributed by atoms with van der Waals surface area (Å²) < 4.78 is 7.18. The highest BCUT2D eigenvalue weighted by molar-refractivity contribution is 5.85. The molecular weight excluding hydrogens is 468 g/mol. The number of anilines is 3. The SMILES string of the molecule is CCc1ccc(NC(=O)OC(C)(C)C)cc1CNc1nc(NC2CCNCC2)nc2c(C(C)C)cnn12. The van der Waals surface area contributed by atoms with Gasteiger partial charge in [0.15, 0.2) is 5.65 Å². The Kier molecular flexibility index (Phi) is 8.16. The lowest BCUT2D eigenvalue weighted by Gasteiger charge is -2.24. The highest BCUT2D eigenvalue weighted by Crippen LogP contribution is 2.24. The first kappa shape index (κ1) is 26.7. The van der Waals surface area contributed by atoms with Crippen molar-refractivity contribution in [3.8, 4) is 0 Å². The number of nitrogens with zero attached hydrogens (tertiary/aromatic N) is 4. The van der Waals surface area contributed by atoms with Crippen molar-refractivity contribution in [2.24, 2.45) is 0 Å². The van der Waals surface area contributed by atoms with Gasteiger partial charge in [0.25, 0.3) is 0 Å². The molecule has 1 aromatic carbocycles. The fourth-order valence-electron chi connectivity index (χ4n) is 4.44. The number of hydrogen-bond acceptors (Lipinski definition) is 8. The van der Waals surface area contributed by atoms with E-state index in [0.29, 0.717) is 30.2 Å². The first-order chi connectivity index (χ1) is 17.6. The molecule has 0 atom stereocenters. The zero-order valence-corrected chi connectivity index (χ0v) is 22.8. The molecule has 2 aromatic heterocycles. The zero-order valence-electron chi connectivity index (χ0n) is 22.8. The molecular formula is C27H40N8O2. The van der Waals surface area contributed by atoms with Gasteiger partial charge in [0.1, 0.15) is 5.60 Å². The monoisotopic (exact) mass is 508 g/mol. The summed E-state index contributed by atoms with van der Waals surface area (Å²) in [6.45, 7) is 14.4. The number of rotatable bonds is 8. The Hall–Kier alpha value is -3.40. The Bertz CT molecular complexity index is 1230. The minimum absolute atomic E-state index is 0.286. The Labute approximate surface area is 219 Å². The second kappa shape index (κ2) is 11.3. The van der Waals surface area contributed by atoms with Crippen molar-refractivity contribution in [1.82, 2.24) is 24.9 Å². The summed E-state index contributed by atoms with van der Waals surface area (Å²) in [6, 6.07) is 6.25. The summed E-state index contributed by atoms with van der Waals surface area (Å²) in [5.41, 5.74) is 4.26. The molecule has 200 valence electrons. The van der Waals surface area contributed by atoms with E-state index in [1.165, 1.54) is 5.56 Å². The van der Waals surface area contributed by atoms with Gasteiger partial charge in [0, 0.05) is 23.8 Å². The van der Waals surface area contributed by atoms with Gasteiger partial charge in [-0.05, 0) is 82.3 Å². The maximum atomic E-state index is 12.3. The van der Waals surface area contributed by atoms with Crippen molar-refractivity contribution in [3.05, 3.63) is 41.1 Å². The Balaban J connectivity index is 1.59. The summed E-state index contributed by atoms with van der Waals surface area (Å²) in [6.07, 6.45) is 4.33. The van der Waals surface area contributed by atoms with Crippen LogP contribution in [0.2, 0.25) is 0 Å². The van der Waals surface area contributed by atoms with E-state index in [1.54, 1.807) is 4.52 Å². The molecule has 0 saturated carbocycles. The predicted octanol–water partition coefficient (Wildman–Crippen LogP) is 4.93. The molecule has 0 unspecified atom stereocenters. The van der Waals surface area contributed by atoms with E-state index in [2.05, 4.69) is 47.1 Å². The topological polar surface area (TPSA) is 118 Å². The molecule has 1 saturated heterocycles. The lowest BCUT2D eigenvalue weighted by Crippen LogP contribution is -2.35. The van der Waals surface area contributed by atoms with Crippen LogP contribution >= 0.6 is 0 Å². The second-order valence-corrected chi connectivity index (χ2v) is 10.8. The van der Waals surface area contributed by atoms with E-state index < -0.39 is 11.7 Å². The average molecular weight is 509 g/mol. The largest absolute Gasteiger partial charge is 0.444 e. The van der Waals surface area contributed by atoms with E-state index >= 15 is 0 Å². The molecule has 1 amide bonds. The quantitative estimate of drug-likeness (QED) is 0.338. The molecule has 4 rings (SSSR count). The zero-order chi connectivity index (χ0) is 26.6. The summed E-state index contributed by atoms with van der Waals surface area (Å²) in [7, 11) is 0. The number of carbonyl (C=O) groups is 1. The van der Waals surface area contributed by atoms with Gasteiger partial charge in [0.2, 0.25) is 11.9 Å². The van der Waals surface area contributed by atoms with Gasteiger partial charge >= 0.3 is 6.09 Å². The molecule has 3 aromatic rings. The van der Waals surface area contributed by atoms with Crippen LogP contribution in [0.4, 0.5) is 22.4 Å². The molecule has 0 aliphatic carbocycles. The van der Waals surface area contributed by atoms with Crippen molar-refractivity contribution in [3.63, 3.8) is 0 Å². The van der Waals surface area contributed by atoms with Gasteiger partial charge in [-0.2, -0.15) is 19.6 Å². The van der Waals surface area contributed by atoms with Crippen molar-refractivity contribution in [1.29, 1.82) is 0 Å². The van der Waals surface area contributed by atoms with Gasteiger partial charge in [-0.25, -0.2) is 4.79 Å². The molecule has 0 spiro atoms. The maximum absolute atomic E-state index is 12.3. The van der Waals surface area contributed by atoms with E-state index in [1.807, 2.05) is 45.2 Å². The van der Waals surface area contributed by atoms with Crippen LogP contribution < -0.4 is 21.3 Å². The standard InChI is InChI=1S/C27H40N8O2/c1-7-18-8-9-21(32-26(36)37-27(4,5)6)14-19(18)15-29-25-34-24(31-20-10-12-28-13-11-20)33-23-22(17(2)3)16-30-35(23)25/h8-9,14,16-17,20,28H,7,10-13,15H2,1-6H3,(H,32,36)(H2,29,31,33,34). The minimum Gasteiger partial charge on any atom is -0.444 e. The van der Waals surface area contributed by atoms with Crippen LogP contribution in [0.1, 0.15) is 77.0 Å². The van der Waals surface area contributed by atoms with Gasteiger partial charge in [-0.1, -0.05) is 26.8 Å². The normalized spacial score (nSPS) is 14.7. The van der Waals surface area contributed by atoms with Gasteiger partial charge in [0.05, 0.1) is 6.20 Å². The van der Waals surface area contributed by atoms with Crippen LogP contribution in [0.5, 0.6) is 0 Å². The molecule has 0 bridgehead atoms. The van der Waals surface area contributed by atoms with E-state index in [4.69, 9.17) is 14.7 Å². The third-order valence-corrected chi connectivity index (χ3v) is 6.36. The number of benzene rings is 1. The highest BCUT2D eigenvalue weighted by Gasteiger charge is 2.19. The summed E-state index contributed by atoms with van der Waals surface area (Å²) in [4.78, 5) is 21.9. The molecule has 1 aliphatic rings. The average Bonchev–Trinajstić information content (AvgIpc) is 3.26. The Morgan fingerprint density at radius 3 is 2.62 bits per heavy atom. The van der Waals surface area contributed by atoms with Crippen molar-refractivity contribution < 1.29 is 9.53 Å². The first-order valence-corrected chi connectivity index (χ1v) is 13.2. The molecule has 10 heteroatoms. The third-order valence-electron chi connectivity index (χ3n) is 6.36. The molecule has 0 radical (unpaired) electrons. The highest BCUT2D eigenvalue weighted by atomic mass is 16.6. The van der Waals surface area contributed by atoms with E-state index in [-0.39, 0.29) is 5.92 Å². The number of nitrogens with one attached hydrogen (secondary N) is 4. The van der Waals surface area contributed by atoms with Crippen LogP contribution in [0.3, 0.4) is 0 Å². The van der Waals surface area contributed by atoms with E-state index in [9.17, 15) is 4.79 Å². The number of hydrogen-bond donors (Lipinski definition) is 4. The predicted molar refractivity (Wildman–Crippen MR) is 147 cm³/mol. The number of piperidine rings is 1. The number of amides is 1. The number of aromatic nitrogens is 4. The molecule has 1 aliphatic heterocycles. The first-order valence-electron chi connectivity index (χ1n) is 13.2. The van der Waals surface area contributed by atoms with Gasteiger partial charge in [-0.3, -0.25) is 5.32 Å².